The fraction of sp³-hybridized carbons (Fsp3) is 0.600. The van der Waals surface area contributed by atoms with Gasteiger partial charge >= 0.3 is 0 Å². The van der Waals surface area contributed by atoms with Crippen LogP contribution in [0, 0.1) is 5.92 Å². The average molecular weight is 230 g/mol. The Kier molecular flexibility index (Phi) is 3.06. The maximum atomic E-state index is 5.76. The van der Waals surface area contributed by atoms with Crippen molar-refractivity contribution in [1.82, 2.24) is 0 Å². The van der Waals surface area contributed by atoms with Crippen LogP contribution in [0.2, 0.25) is 0 Å². The first-order chi connectivity index (χ1) is 8.38. The second kappa shape index (κ2) is 4.69. The first kappa shape index (κ1) is 11.1. The monoisotopic (exact) mass is 230 g/mol. The fourth-order valence-electron chi connectivity index (χ4n) is 3.18. The lowest BCUT2D eigenvalue weighted by molar-refractivity contribution is 0.310. The van der Waals surface area contributed by atoms with Crippen LogP contribution in [0.3, 0.4) is 0 Å². The first-order valence-electron chi connectivity index (χ1n) is 6.93. The summed E-state index contributed by atoms with van der Waals surface area (Å²) in [6.07, 6.45) is 6.60. The van der Waals surface area contributed by atoms with E-state index in [-0.39, 0.29) is 0 Å². The van der Waals surface area contributed by atoms with Crippen molar-refractivity contribution in [3.05, 3.63) is 29.8 Å². The van der Waals surface area contributed by atoms with Crippen LogP contribution in [0.15, 0.2) is 24.3 Å². The average Bonchev–Trinajstić information content (AvgIpc) is 2.62. The molecule has 1 aromatic rings. The van der Waals surface area contributed by atoms with Gasteiger partial charge in [0.25, 0.3) is 0 Å². The van der Waals surface area contributed by atoms with Crippen LogP contribution < -0.4 is 10.6 Å². The van der Waals surface area contributed by atoms with E-state index in [1.165, 1.54) is 43.5 Å². The van der Waals surface area contributed by atoms with Crippen LogP contribution in [0.4, 0.5) is 5.69 Å². The number of hydrogen-bond donors (Lipinski definition) is 1. The second-order valence-electron chi connectivity index (χ2n) is 5.51. The summed E-state index contributed by atoms with van der Waals surface area (Å²) in [4.78, 5) is 2.63. The third-order valence-electron chi connectivity index (χ3n) is 4.38. The fourth-order valence-corrected chi connectivity index (χ4v) is 3.18. The summed E-state index contributed by atoms with van der Waals surface area (Å²) >= 11 is 0. The summed E-state index contributed by atoms with van der Waals surface area (Å²) in [6, 6.07) is 9.53. The molecule has 3 rings (SSSR count). The summed E-state index contributed by atoms with van der Waals surface area (Å²) in [7, 11) is 0. The van der Waals surface area contributed by atoms with Crippen molar-refractivity contribution in [1.29, 1.82) is 0 Å². The Bertz CT molecular complexity index is 384. The van der Waals surface area contributed by atoms with Crippen molar-refractivity contribution >= 4 is 5.69 Å². The highest BCUT2D eigenvalue weighted by molar-refractivity contribution is 5.59. The molecule has 0 spiro atoms. The van der Waals surface area contributed by atoms with Crippen LogP contribution >= 0.6 is 0 Å². The molecule has 0 radical (unpaired) electrons. The summed E-state index contributed by atoms with van der Waals surface area (Å²) in [6.45, 7) is 2.06. The number of fused-ring (bicyclic) bond motifs is 1. The van der Waals surface area contributed by atoms with Gasteiger partial charge in [-0.05, 0) is 49.8 Å². The third-order valence-corrected chi connectivity index (χ3v) is 4.38. The van der Waals surface area contributed by atoms with E-state index in [4.69, 9.17) is 5.73 Å². The zero-order valence-electron chi connectivity index (χ0n) is 10.4. The lowest BCUT2D eigenvalue weighted by Gasteiger charge is -2.35. The summed E-state index contributed by atoms with van der Waals surface area (Å²) in [5, 5.41) is 0. The molecule has 0 saturated heterocycles. The molecule has 2 aliphatic rings. The number of nitrogens with two attached hydrogens (primary N) is 1. The highest BCUT2D eigenvalue weighted by atomic mass is 15.2. The van der Waals surface area contributed by atoms with E-state index in [9.17, 15) is 0 Å². The molecule has 1 heterocycles. The van der Waals surface area contributed by atoms with Gasteiger partial charge in [0.2, 0.25) is 0 Å². The molecule has 0 bridgehead atoms. The Morgan fingerprint density at radius 3 is 2.76 bits per heavy atom. The number of nitrogens with zero attached hydrogens (tertiary/aromatic N) is 1. The summed E-state index contributed by atoms with van der Waals surface area (Å²) in [5.41, 5.74) is 8.75. The Hall–Kier alpha value is -1.02. The topological polar surface area (TPSA) is 29.3 Å². The number of rotatable bonds is 4. The van der Waals surface area contributed by atoms with Crippen LogP contribution in [0.1, 0.15) is 31.2 Å². The second-order valence-corrected chi connectivity index (χ2v) is 5.51. The van der Waals surface area contributed by atoms with Gasteiger partial charge in [-0.2, -0.15) is 0 Å². The maximum absolute atomic E-state index is 5.76. The predicted octanol–water partition coefficient (Wildman–Crippen LogP) is 2.57. The van der Waals surface area contributed by atoms with Crippen molar-refractivity contribution in [2.45, 2.75) is 38.1 Å². The minimum atomic E-state index is 0.651. The summed E-state index contributed by atoms with van der Waals surface area (Å²) in [5.74, 6) is 0.932. The molecule has 1 unspecified atom stereocenters. The minimum Gasteiger partial charge on any atom is -0.368 e. The highest BCUT2D eigenvalue weighted by Gasteiger charge is 2.31. The minimum absolute atomic E-state index is 0.651. The molecule has 1 aromatic carbocycles. The molecule has 17 heavy (non-hydrogen) atoms. The van der Waals surface area contributed by atoms with Crippen LogP contribution in [0.5, 0.6) is 0 Å². The molecule has 0 amide bonds. The normalized spacial score (nSPS) is 23.6. The van der Waals surface area contributed by atoms with Gasteiger partial charge in [0.1, 0.15) is 0 Å². The van der Waals surface area contributed by atoms with E-state index >= 15 is 0 Å². The van der Waals surface area contributed by atoms with Gasteiger partial charge in [-0.3, -0.25) is 0 Å². The molecule has 1 atom stereocenters. The van der Waals surface area contributed by atoms with E-state index in [1.807, 2.05) is 0 Å². The lowest BCUT2D eigenvalue weighted by atomic mass is 9.85. The molecule has 92 valence electrons. The van der Waals surface area contributed by atoms with Gasteiger partial charge in [0.05, 0.1) is 0 Å². The van der Waals surface area contributed by atoms with Crippen LogP contribution in [-0.4, -0.2) is 19.1 Å². The molecule has 1 fully saturated rings. The zero-order chi connectivity index (χ0) is 11.7. The predicted molar refractivity (Wildman–Crippen MR) is 72.3 cm³/mol. The molecule has 2 heteroatoms. The van der Waals surface area contributed by atoms with E-state index in [2.05, 4.69) is 29.2 Å². The Morgan fingerprint density at radius 2 is 2.06 bits per heavy atom. The quantitative estimate of drug-likeness (QED) is 0.861. The molecule has 1 aliphatic carbocycles. The number of para-hydroxylation sites is 1. The van der Waals surface area contributed by atoms with Gasteiger partial charge in [0, 0.05) is 18.3 Å². The van der Waals surface area contributed by atoms with Crippen molar-refractivity contribution < 1.29 is 0 Å². The van der Waals surface area contributed by atoms with Crippen molar-refractivity contribution in [2.75, 3.05) is 18.0 Å². The Balaban J connectivity index is 1.79. The Labute approximate surface area is 104 Å². The highest BCUT2D eigenvalue weighted by Crippen LogP contribution is 2.36. The Morgan fingerprint density at radius 1 is 1.24 bits per heavy atom. The molecular formula is C15H22N2. The van der Waals surface area contributed by atoms with Crippen molar-refractivity contribution in [3.63, 3.8) is 0 Å². The molecule has 2 nitrogen and oxygen atoms in total. The molecule has 1 aliphatic heterocycles. The number of anilines is 1. The lowest BCUT2D eigenvalue weighted by Crippen LogP contribution is -2.39. The van der Waals surface area contributed by atoms with Crippen LogP contribution in [-0.2, 0) is 6.42 Å². The molecule has 0 aromatic heterocycles. The molecule has 1 saturated carbocycles. The van der Waals surface area contributed by atoms with E-state index in [0.29, 0.717) is 6.04 Å². The SMILES string of the molecule is NCCC1Cc2ccccc2N1CC1CCC1. The van der Waals surface area contributed by atoms with Gasteiger partial charge in [-0.1, -0.05) is 24.6 Å². The third kappa shape index (κ3) is 2.06. The van der Waals surface area contributed by atoms with E-state index in [1.54, 1.807) is 0 Å². The molecular weight excluding hydrogens is 208 g/mol. The van der Waals surface area contributed by atoms with E-state index in [0.717, 1.165) is 18.9 Å². The van der Waals surface area contributed by atoms with E-state index < -0.39 is 0 Å². The van der Waals surface area contributed by atoms with Crippen molar-refractivity contribution in [2.24, 2.45) is 11.7 Å². The van der Waals surface area contributed by atoms with Crippen molar-refractivity contribution in [3.8, 4) is 0 Å². The molecule has 2 N–H and O–H groups in total. The van der Waals surface area contributed by atoms with Gasteiger partial charge in [-0.25, -0.2) is 0 Å². The summed E-state index contributed by atoms with van der Waals surface area (Å²) < 4.78 is 0. The number of benzene rings is 1. The van der Waals surface area contributed by atoms with Gasteiger partial charge in [-0.15, -0.1) is 0 Å². The standard InChI is InChI=1S/C15H22N2/c16-9-8-14-10-13-6-1-2-7-15(13)17(14)11-12-4-3-5-12/h1-2,6-7,12,14H,3-5,8-11,16H2. The number of hydrogen-bond acceptors (Lipinski definition) is 2. The largest absolute Gasteiger partial charge is 0.368 e. The van der Waals surface area contributed by atoms with Crippen LogP contribution in [0.25, 0.3) is 0 Å². The maximum Gasteiger partial charge on any atom is 0.0402 e. The van der Waals surface area contributed by atoms with Gasteiger partial charge in [0.15, 0.2) is 0 Å². The first-order valence-corrected chi connectivity index (χ1v) is 6.93. The smallest absolute Gasteiger partial charge is 0.0402 e. The zero-order valence-corrected chi connectivity index (χ0v) is 10.4. The van der Waals surface area contributed by atoms with Gasteiger partial charge < -0.3 is 10.6 Å².